The number of pyridine rings is 1. The molecule has 1 aliphatic heterocycles. The third-order valence-electron chi connectivity index (χ3n) is 7.14. The molecule has 2 aromatic heterocycles. The molecule has 3 aromatic rings. The van der Waals surface area contributed by atoms with Gasteiger partial charge in [0.2, 0.25) is 0 Å². The summed E-state index contributed by atoms with van der Waals surface area (Å²) in [6.07, 6.45) is 1.96. The summed E-state index contributed by atoms with van der Waals surface area (Å²) >= 11 is 1.56. The number of amides is 2. The second kappa shape index (κ2) is 9.77. The zero-order valence-electron chi connectivity index (χ0n) is 21.7. The van der Waals surface area contributed by atoms with Crippen molar-refractivity contribution in [3.8, 4) is 10.4 Å². The number of benzene rings is 1. The maximum Gasteiger partial charge on any atom is 0.274 e. The molecule has 2 amide bonds. The summed E-state index contributed by atoms with van der Waals surface area (Å²) in [4.78, 5) is 39.0. The van der Waals surface area contributed by atoms with Gasteiger partial charge in [0.1, 0.15) is 5.69 Å². The number of rotatable bonds is 7. The standard InChI is InChI=1S/C29H34N4O2S/c1-16(2)9-23-12-21(11-18(4)31-23)28(34)30-14-25-24-13-22(24)15-33(25)29(35)26-27(36-19(5)32-26)20-8-6-7-17(3)10-20/h6-8,10-12,16,22,24-25H,9,13-15H2,1-5H3,(H,30,34)/t22-,24-,25-/m1/s1. The van der Waals surface area contributed by atoms with E-state index in [0.29, 0.717) is 35.6 Å². The van der Waals surface area contributed by atoms with Crippen LogP contribution in [0.5, 0.6) is 0 Å². The van der Waals surface area contributed by atoms with Crippen molar-refractivity contribution in [2.45, 2.75) is 53.5 Å². The first-order valence-corrected chi connectivity index (χ1v) is 13.6. The maximum atomic E-state index is 13.8. The predicted molar refractivity (Wildman–Crippen MR) is 143 cm³/mol. The molecule has 6 nitrogen and oxygen atoms in total. The van der Waals surface area contributed by atoms with Crippen LogP contribution < -0.4 is 5.32 Å². The molecule has 3 atom stereocenters. The van der Waals surface area contributed by atoms with Crippen molar-refractivity contribution in [3.05, 3.63) is 69.6 Å². The molecule has 0 spiro atoms. The number of aryl methyl sites for hydroxylation is 3. The number of aromatic nitrogens is 2. The second-order valence-electron chi connectivity index (χ2n) is 10.8. The number of nitrogens with zero attached hydrogens (tertiary/aromatic N) is 3. The molecular formula is C29H34N4O2S. The molecule has 1 N–H and O–H groups in total. The minimum Gasteiger partial charge on any atom is -0.350 e. The highest BCUT2D eigenvalue weighted by molar-refractivity contribution is 7.15. The van der Waals surface area contributed by atoms with Crippen LogP contribution in [-0.4, -0.2) is 45.8 Å². The topological polar surface area (TPSA) is 75.2 Å². The van der Waals surface area contributed by atoms with Gasteiger partial charge in [0, 0.05) is 30.0 Å². The number of likely N-dealkylation sites (tertiary alicyclic amines) is 1. The summed E-state index contributed by atoms with van der Waals surface area (Å²) < 4.78 is 0. The van der Waals surface area contributed by atoms with E-state index < -0.39 is 0 Å². The Balaban J connectivity index is 1.33. The maximum absolute atomic E-state index is 13.8. The Bertz CT molecular complexity index is 1310. The summed E-state index contributed by atoms with van der Waals surface area (Å²) in [7, 11) is 0. The van der Waals surface area contributed by atoms with Gasteiger partial charge in [-0.05, 0) is 69.1 Å². The summed E-state index contributed by atoms with van der Waals surface area (Å²) in [6, 6.07) is 12.0. The van der Waals surface area contributed by atoms with Gasteiger partial charge in [0.05, 0.1) is 15.9 Å². The van der Waals surface area contributed by atoms with Crippen molar-refractivity contribution in [2.24, 2.45) is 17.8 Å². The van der Waals surface area contributed by atoms with Crippen LogP contribution in [0.25, 0.3) is 10.4 Å². The highest BCUT2D eigenvalue weighted by atomic mass is 32.1. The first-order valence-electron chi connectivity index (χ1n) is 12.8. The first-order chi connectivity index (χ1) is 17.2. The van der Waals surface area contributed by atoms with E-state index in [0.717, 1.165) is 51.8 Å². The molecule has 3 heterocycles. The van der Waals surface area contributed by atoms with Gasteiger partial charge in [-0.1, -0.05) is 43.7 Å². The summed E-state index contributed by atoms with van der Waals surface area (Å²) in [5.74, 6) is 1.32. The second-order valence-corrected chi connectivity index (χ2v) is 12.0. The van der Waals surface area contributed by atoms with Crippen molar-refractivity contribution in [2.75, 3.05) is 13.1 Å². The number of carbonyl (C=O) groups is 2. The third kappa shape index (κ3) is 5.07. The quantitative estimate of drug-likeness (QED) is 0.481. The molecule has 5 rings (SSSR count). The number of carbonyl (C=O) groups excluding carboxylic acids is 2. The fraction of sp³-hybridized carbons (Fsp3) is 0.448. The minimum absolute atomic E-state index is 0.00288. The molecule has 0 bridgehead atoms. The number of piperidine rings is 1. The van der Waals surface area contributed by atoms with Crippen LogP contribution in [0.15, 0.2) is 36.4 Å². The monoisotopic (exact) mass is 502 g/mol. The van der Waals surface area contributed by atoms with Crippen LogP contribution in [0.4, 0.5) is 0 Å². The van der Waals surface area contributed by atoms with E-state index >= 15 is 0 Å². The van der Waals surface area contributed by atoms with Crippen LogP contribution in [0.2, 0.25) is 0 Å². The molecular weight excluding hydrogens is 468 g/mol. The molecule has 188 valence electrons. The molecule has 36 heavy (non-hydrogen) atoms. The largest absolute Gasteiger partial charge is 0.350 e. The Kier molecular flexibility index (Phi) is 6.68. The number of nitrogens with one attached hydrogen (secondary N) is 1. The van der Waals surface area contributed by atoms with Crippen LogP contribution in [0.3, 0.4) is 0 Å². The van der Waals surface area contributed by atoms with Crippen molar-refractivity contribution in [3.63, 3.8) is 0 Å². The molecule has 1 aliphatic carbocycles. The Labute approximate surface area is 217 Å². The van der Waals surface area contributed by atoms with Crippen LogP contribution in [0.1, 0.15) is 63.1 Å². The molecule has 1 saturated heterocycles. The smallest absolute Gasteiger partial charge is 0.274 e. The highest BCUT2D eigenvalue weighted by Crippen LogP contribution is 2.50. The first kappa shape index (κ1) is 24.6. The lowest BCUT2D eigenvalue weighted by atomic mass is 10.0. The fourth-order valence-corrected chi connectivity index (χ4v) is 6.35. The highest BCUT2D eigenvalue weighted by Gasteiger charge is 2.54. The van der Waals surface area contributed by atoms with Crippen molar-refractivity contribution >= 4 is 23.2 Å². The van der Waals surface area contributed by atoms with Crippen molar-refractivity contribution in [1.82, 2.24) is 20.2 Å². The zero-order chi connectivity index (χ0) is 25.6. The summed E-state index contributed by atoms with van der Waals surface area (Å²) in [6.45, 7) is 11.4. The zero-order valence-corrected chi connectivity index (χ0v) is 22.5. The average Bonchev–Trinajstić information content (AvgIpc) is 3.32. The van der Waals surface area contributed by atoms with E-state index in [1.807, 2.05) is 43.0 Å². The van der Waals surface area contributed by atoms with Gasteiger partial charge < -0.3 is 10.2 Å². The Morgan fingerprint density at radius 1 is 1.14 bits per heavy atom. The van der Waals surface area contributed by atoms with Crippen LogP contribution >= 0.6 is 11.3 Å². The van der Waals surface area contributed by atoms with Gasteiger partial charge in [-0.15, -0.1) is 11.3 Å². The Morgan fingerprint density at radius 3 is 2.69 bits per heavy atom. The normalized spacial score (nSPS) is 20.5. The number of fused-ring (bicyclic) bond motifs is 1. The number of hydrogen-bond donors (Lipinski definition) is 1. The average molecular weight is 503 g/mol. The molecule has 1 aromatic carbocycles. The lowest BCUT2D eigenvalue weighted by Crippen LogP contribution is -2.45. The van der Waals surface area contributed by atoms with E-state index in [1.54, 1.807) is 11.3 Å². The summed E-state index contributed by atoms with van der Waals surface area (Å²) in [5, 5.41) is 4.01. The molecule has 0 unspecified atom stereocenters. The van der Waals surface area contributed by atoms with E-state index in [4.69, 9.17) is 0 Å². The molecule has 0 radical (unpaired) electrons. The summed E-state index contributed by atoms with van der Waals surface area (Å²) in [5.41, 5.74) is 5.15. The number of hydrogen-bond acceptors (Lipinski definition) is 5. The van der Waals surface area contributed by atoms with Gasteiger partial charge >= 0.3 is 0 Å². The number of thiazole rings is 1. The van der Waals surface area contributed by atoms with Crippen molar-refractivity contribution in [1.29, 1.82) is 0 Å². The lowest BCUT2D eigenvalue weighted by molar-refractivity contribution is 0.0690. The SMILES string of the molecule is Cc1cccc(-c2sc(C)nc2C(=O)N2C[C@H]3C[C@H]3[C@H]2CNC(=O)c2cc(C)nc(CC(C)C)c2)c1. The molecule has 2 aliphatic rings. The minimum atomic E-state index is -0.105. The molecule has 2 fully saturated rings. The Hall–Kier alpha value is -3.06. The van der Waals surface area contributed by atoms with E-state index in [-0.39, 0.29) is 17.9 Å². The van der Waals surface area contributed by atoms with Gasteiger partial charge in [-0.25, -0.2) is 4.98 Å². The van der Waals surface area contributed by atoms with Crippen molar-refractivity contribution < 1.29 is 9.59 Å². The van der Waals surface area contributed by atoms with Gasteiger partial charge in [0.15, 0.2) is 0 Å². The lowest BCUT2D eigenvalue weighted by Gasteiger charge is -2.27. The van der Waals surface area contributed by atoms with Crippen LogP contribution in [0, 0.1) is 38.5 Å². The van der Waals surface area contributed by atoms with E-state index in [9.17, 15) is 9.59 Å². The van der Waals surface area contributed by atoms with Crippen LogP contribution in [-0.2, 0) is 6.42 Å². The predicted octanol–water partition coefficient (Wildman–Crippen LogP) is 5.22. The van der Waals surface area contributed by atoms with E-state index in [1.165, 1.54) is 0 Å². The Morgan fingerprint density at radius 2 is 1.94 bits per heavy atom. The van der Waals surface area contributed by atoms with E-state index in [2.05, 4.69) is 48.2 Å². The van der Waals surface area contributed by atoms with Gasteiger partial charge in [-0.3, -0.25) is 14.6 Å². The van der Waals surface area contributed by atoms with Gasteiger partial charge in [-0.2, -0.15) is 0 Å². The molecule has 7 heteroatoms. The third-order valence-corrected chi connectivity index (χ3v) is 8.16. The van der Waals surface area contributed by atoms with Gasteiger partial charge in [0.25, 0.3) is 11.8 Å². The molecule has 1 saturated carbocycles. The fourth-order valence-electron chi connectivity index (χ4n) is 5.45.